The summed E-state index contributed by atoms with van der Waals surface area (Å²) in [6, 6.07) is -0.661. The lowest BCUT2D eigenvalue weighted by Crippen LogP contribution is -2.61. The summed E-state index contributed by atoms with van der Waals surface area (Å²) in [5.74, 6) is -0.0119. The zero-order valence-corrected chi connectivity index (χ0v) is 13.8. The van der Waals surface area contributed by atoms with Crippen molar-refractivity contribution in [2.24, 2.45) is 0 Å². The van der Waals surface area contributed by atoms with Crippen LogP contribution in [0.5, 0.6) is 0 Å². The van der Waals surface area contributed by atoms with E-state index >= 15 is 0 Å². The van der Waals surface area contributed by atoms with Crippen molar-refractivity contribution in [2.75, 3.05) is 33.7 Å². The molecule has 1 aromatic heterocycles. The SMILES string of the molecule is CC(=O)N1CCN(C(=O)c2cnc(C)nc2)CC1C(=O)N(C)C. The van der Waals surface area contributed by atoms with Crippen LogP contribution >= 0.6 is 0 Å². The number of nitrogens with zero attached hydrogens (tertiary/aromatic N) is 5. The highest BCUT2D eigenvalue weighted by Crippen LogP contribution is 2.15. The topological polar surface area (TPSA) is 86.7 Å². The Morgan fingerprint density at radius 2 is 1.78 bits per heavy atom. The minimum absolute atomic E-state index is 0.170. The smallest absolute Gasteiger partial charge is 0.257 e. The Morgan fingerprint density at radius 1 is 1.17 bits per heavy atom. The van der Waals surface area contributed by atoms with E-state index in [1.165, 1.54) is 29.1 Å². The van der Waals surface area contributed by atoms with Gasteiger partial charge in [-0.1, -0.05) is 0 Å². The van der Waals surface area contributed by atoms with E-state index in [-0.39, 0.29) is 24.3 Å². The molecule has 3 amide bonds. The third-order valence-electron chi connectivity index (χ3n) is 3.83. The van der Waals surface area contributed by atoms with Gasteiger partial charge in [0.15, 0.2) is 0 Å². The standard InChI is InChI=1S/C15H21N5O3/c1-10-16-7-12(8-17-10)14(22)19-5-6-20(11(2)21)13(9-19)15(23)18(3)4/h7-8,13H,5-6,9H2,1-4H3. The van der Waals surface area contributed by atoms with Gasteiger partial charge in [0.25, 0.3) is 5.91 Å². The summed E-state index contributed by atoms with van der Waals surface area (Å²) in [5.41, 5.74) is 0.378. The molecule has 0 bridgehead atoms. The van der Waals surface area contributed by atoms with E-state index < -0.39 is 6.04 Å². The van der Waals surface area contributed by atoms with Crippen molar-refractivity contribution in [1.82, 2.24) is 24.7 Å². The van der Waals surface area contributed by atoms with Gasteiger partial charge in [-0.3, -0.25) is 14.4 Å². The number of hydrogen-bond donors (Lipinski definition) is 0. The normalized spacial score (nSPS) is 17.8. The van der Waals surface area contributed by atoms with Gasteiger partial charge >= 0.3 is 0 Å². The van der Waals surface area contributed by atoms with Gasteiger partial charge in [-0.15, -0.1) is 0 Å². The van der Waals surface area contributed by atoms with Crippen LogP contribution in [-0.2, 0) is 9.59 Å². The third-order valence-corrected chi connectivity index (χ3v) is 3.83. The fraction of sp³-hybridized carbons (Fsp3) is 0.533. The maximum atomic E-state index is 12.5. The summed E-state index contributed by atoms with van der Waals surface area (Å²) < 4.78 is 0. The Balaban J connectivity index is 2.19. The van der Waals surface area contributed by atoms with Crippen LogP contribution in [0.1, 0.15) is 23.1 Å². The van der Waals surface area contributed by atoms with E-state index in [1.54, 1.807) is 25.9 Å². The Kier molecular flexibility index (Phi) is 4.92. The van der Waals surface area contributed by atoms with Crippen molar-refractivity contribution >= 4 is 17.7 Å². The van der Waals surface area contributed by atoms with Gasteiger partial charge in [0.1, 0.15) is 11.9 Å². The molecule has 23 heavy (non-hydrogen) atoms. The van der Waals surface area contributed by atoms with Gasteiger partial charge in [-0.25, -0.2) is 9.97 Å². The minimum atomic E-state index is -0.661. The maximum Gasteiger partial charge on any atom is 0.257 e. The van der Waals surface area contributed by atoms with Crippen molar-refractivity contribution in [1.29, 1.82) is 0 Å². The van der Waals surface area contributed by atoms with Crippen LogP contribution in [0.4, 0.5) is 0 Å². The first-order chi connectivity index (χ1) is 10.8. The van der Waals surface area contributed by atoms with Gasteiger partial charge in [-0.05, 0) is 6.92 Å². The molecule has 2 rings (SSSR count). The van der Waals surface area contributed by atoms with Crippen LogP contribution in [-0.4, -0.2) is 82.2 Å². The van der Waals surface area contributed by atoms with Crippen LogP contribution < -0.4 is 0 Å². The summed E-state index contributed by atoms with van der Waals surface area (Å²) in [7, 11) is 3.27. The van der Waals surface area contributed by atoms with E-state index in [9.17, 15) is 14.4 Å². The summed E-state index contributed by atoms with van der Waals surface area (Å²) in [6.45, 7) is 4.05. The van der Waals surface area contributed by atoms with Crippen LogP contribution in [0, 0.1) is 6.92 Å². The number of carbonyl (C=O) groups excluding carboxylic acids is 3. The lowest BCUT2D eigenvalue weighted by Gasteiger charge is -2.40. The Hall–Kier alpha value is -2.51. The number of piperazine rings is 1. The summed E-state index contributed by atoms with van der Waals surface area (Å²) >= 11 is 0. The number of carbonyl (C=O) groups is 3. The van der Waals surface area contributed by atoms with Gasteiger partial charge in [-0.2, -0.15) is 0 Å². The van der Waals surface area contributed by atoms with Gasteiger partial charge in [0.05, 0.1) is 12.1 Å². The largest absolute Gasteiger partial charge is 0.347 e. The molecule has 0 aromatic carbocycles. The number of rotatable bonds is 2. The molecule has 1 fully saturated rings. The van der Waals surface area contributed by atoms with Gasteiger partial charge in [0.2, 0.25) is 11.8 Å². The maximum absolute atomic E-state index is 12.5. The highest BCUT2D eigenvalue weighted by atomic mass is 16.2. The van der Waals surface area contributed by atoms with Gasteiger partial charge in [0, 0.05) is 46.5 Å². The quantitative estimate of drug-likeness (QED) is 0.736. The predicted octanol–water partition coefficient (Wildman–Crippen LogP) is -0.454. The van der Waals surface area contributed by atoms with Crippen molar-refractivity contribution in [3.05, 3.63) is 23.8 Å². The lowest BCUT2D eigenvalue weighted by atomic mass is 10.1. The van der Waals surface area contributed by atoms with Crippen molar-refractivity contribution in [2.45, 2.75) is 19.9 Å². The zero-order valence-electron chi connectivity index (χ0n) is 13.8. The fourth-order valence-corrected chi connectivity index (χ4v) is 2.54. The van der Waals surface area contributed by atoms with E-state index in [1.807, 2.05) is 0 Å². The number of aryl methyl sites for hydroxylation is 1. The molecule has 1 aliphatic heterocycles. The van der Waals surface area contributed by atoms with Crippen LogP contribution in [0.25, 0.3) is 0 Å². The highest BCUT2D eigenvalue weighted by molar-refractivity contribution is 5.95. The monoisotopic (exact) mass is 319 g/mol. The molecule has 124 valence electrons. The first-order valence-electron chi connectivity index (χ1n) is 7.37. The minimum Gasteiger partial charge on any atom is -0.347 e. The van der Waals surface area contributed by atoms with Crippen molar-refractivity contribution in [3.63, 3.8) is 0 Å². The van der Waals surface area contributed by atoms with Crippen LogP contribution in [0.15, 0.2) is 12.4 Å². The van der Waals surface area contributed by atoms with Crippen molar-refractivity contribution < 1.29 is 14.4 Å². The molecule has 1 aliphatic rings. The highest BCUT2D eigenvalue weighted by Gasteiger charge is 2.36. The fourth-order valence-electron chi connectivity index (χ4n) is 2.54. The Bertz CT molecular complexity index is 614. The predicted molar refractivity (Wildman–Crippen MR) is 82.5 cm³/mol. The molecule has 0 N–H and O–H groups in total. The second-order valence-electron chi connectivity index (χ2n) is 5.73. The van der Waals surface area contributed by atoms with Crippen molar-refractivity contribution in [3.8, 4) is 0 Å². The van der Waals surface area contributed by atoms with E-state index in [4.69, 9.17) is 0 Å². The Morgan fingerprint density at radius 3 is 2.30 bits per heavy atom. The zero-order chi connectivity index (χ0) is 17.1. The number of aromatic nitrogens is 2. The summed E-state index contributed by atoms with van der Waals surface area (Å²) in [6.07, 6.45) is 2.95. The first-order valence-corrected chi connectivity index (χ1v) is 7.37. The summed E-state index contributed by atoms with van der Waals surface area (Å²) in [4.78, 5) is 49.2. The molecule has 1 unspecified atom stereocenters. The van der Waals surface area contributed by atoms with E-state index in [0.29, 0.717) is 24.5 Å². The molecule has 8 nitrogen and oxygen atoms in total. The molecular formula is C15H21N5O3. The lowest BCUT2D eigenvalue weighted by molar-refractivity contribution is -0.146. The van der Waals surface area contributed by atoms with Crippen LogP contribution in [0.3, 0.4) is 0 Å². The molecule has 2 heterocycles. The number of amides is 3. The molecule has 1 saturated heterocycles. The average molecular weight is 319 g/mol. The molecule has 0 aliphatic carbocycles. The van der Waals surface area contributed by atoms with Gasteiger partial charge < -0.3 is 14.7 Å². The van der Waals surface area contributed by atoms with E-state index in [0.717, 1.165) is 0 Å². The molecule has 0 radical (unpaired) electrons. The van der Waals surface area contributed by atoms with E-state index in [2.05, 4.69) is 9.97 Å². The number of hydrogen-bond acceptors (Lipinski definition) is 5. The third kappa shape index (κ3) is 3.64. The molecule has 0 spiro atoms. The second-order valence-corrected chi connectivity index (χ2v) is 5.73. The average Bonchev–Trinajstić information content (AvgIpc) is 2.53. The first kappa shape index (κ1) is 16.9. The second kappa shape index (κ2) is 6.72. The van der Waals surface area contributed by atoms with Crippen LogP contribution in [0.2, 0.25) is 0 Å². The Labute approximate surface area is 135 Å². The molecular weight excluding hydrogens is 298 g/mol. The molecule has 8 heteroatoms. The molecule has 1 aromatic rings. The molecule has 1 atom stereocenters. The summed E-state index contributed by atoms with van der Waals surface area (Å²) in [5, 5.41) is 0. The number of likely N-dealkylation sites (N-methyl/N-ethyl adjacent to an activating group) is 1. The molecule has 0 saturated carbocycles.